The highest BCUT2D eigenvalue weighted by molar-refractivity contribution is 5.94. The van der Waals surface area contributed by atoms with Crippen LogP contribution in [0.3, 0.4) is 0 Å². The number of methoxy groups -OCH3 is 1. The third-order valence-corrected chi connectivity index (χ3v) is 6.49. The van der Waals surface area contributed by atoms with Crippen LogP contribution in [0.4, 0.5) is 0 Å². The van der Waals surface area contributed by atoms with Gasteiger partial charge in [-0.05, 0) is 86.7 Å². The molecule has 3 aromatic rings. The standard InChI is InChI=1S/C31H40N2O6/c1-5-39-28-12-9-21(16-29(28)38-4)13-14-32-30(37)24-8-6-7-22(15-24)18-31(2,3)33-19-27(36)23-10-11-26(35)25(17-23)20-34/h6-12,15-17,27,33-36H,5,13-14,18-20H2,1-4H3,(H,32,37)/t27-/m0/s1. The first kappa shape index (κ1) is 30.0. The highest BCUT2D eigenvalue weighted by Gasteiger charge is 2.21. The summed E-state index contributed by atoms with van der Waals surface area (Å²) < 4.78 is 11.0. The Morgan fingerprint density at radius 1 is 1.03 bits per heavy atom. The second-order valence-corrected chi connectivity index (χ2v) is 10.1. The lowest BCUT2D eigenvalue weighted by Crippen LogP contribution is -2.43. The molecule has 8 heteroatoms. The van der Waals surface area contributed by atoms with Gasteiger partial charge < -0.3 is 35.4 Å². The quantitative estimate of drug-likeness (QED) is 0.212. The summed E-state index contributed by atoms with van der Waals surface area (Å²) in [5.41, 5.74) is 3.26. The van der Waals surface area contributed by atoms with Crippen molar-refractivity contribution in [3.05, 3.63) is 88.5 Å². The first-order valence-corrected chi connectivity index (χ1v) is 13.2. The van der Waals surface area contributed by atoms with Crippen LogP contribution < -0.4 is 20.1 Å². The van der Waals surface area contributed by atoms with Crippen LogP contribution in [0.2, 0.25) is 0 Å². The zero-order valence-corrected chi connectivity index (χ0v) is 23.2. The third kappa shape index (κ3) is 8.71. The molecule has 8 nitrogen and oxygen atoms in total. The number of carbonyl (C=O) groups excluding carboxylic acids is 1. The molecule has 3 aromatic carbocycles. The topological polar surface area (TPSA) is 120 Å². The van der Waals surface area contributed by atoms with Gasteiger partial charge in [-0.2, -0.15) is 0 Å². The lowest BCUT2D eigenvalue weighted by atomic mass is 9.93. The number of ether oxygens (including phenoxy) is 2. The maximum absolute atomic E-state index is 12.8. The number of aliphatic hydroxyl groups excluding tert-OH is 2. The van der Waals surface area contributed by atoms with Crippen molar-refractivity contribution in [1.29, 1.82) is 0 Å². The van der Waals surface area contributed by atoms with Gasteiger partial charge in [-0.1, -0.05) is 24.3 Å². The summed E-state index contributed by atoms with van der Waals surface area (Å²) in [5.74, 6) is 1.24. The highest BCUT2D eigenvalue weighted by atomic mass is 16.5. The van der Waals surface area contributed by atoms with Crippen LogP contribution in [0.25, 0.3) is 0 Å². The van der Waals surface area contributed by atoms with Gasteiger partial charge in [0.25, 0.3) is 5.91 Å². The van der Waals surface area contributed by atoms with Crippen LogP contribution >= 0.6 is 0 Å². The molecule has 0 aliphatic rings. The SMILES string of the molecule is CCOc1ccc(CCNC(=O)c2cccc(CC(C)(C)NC[C@H](O)c3ccc(O)c(CO)c3)c2)cc1OC. The minimum absolute atomic E-state index is 0.00190. The van der Waals surface area contributed by atoms with Gasteiger partial charge in [0, 0.05) is 29.8 Å². The van der Waals surface area contributed by atoms with E-state index in [1.807, 2.05) is 57.2 Å². The molecule has 1 amide bonds. The molecule has 0 aromatic heterocycles. The molecule has 0 saturated heterocycles. The normalized spacial score (nSPS) is 12.2. The van der Waals surface area contributed by atoms with Gasteiger partial charge in [0.15, 0.2) is 11.5 Å². The number of rotatable bonds is 14. The predicted molar refractivity (Wildman–Crippen MR) is 151 cm³/mol. The van der Waals surface area contributed by atoms with Gasteiger partial charge >= 0.3 is 0 Å². The molecule has 0 aliphatic carbocycles. The Labute approximate surface area is 230 Å². The first-order valence-electron chi connectivity index (χ1n) is 13.2. The lowest BCUT2D eigenvalue weighted by molar-refractivity contribution is 0.0954. The van der Waals surface area contributed by atoms with E-state index in [2.05, 4.69) is 10.6 Å². The van der Waals surface area contributed by atoms with Crippen LogP contribution in [0.1, 0.15) is 59.5 Å². The Balaban J connectivity index is 1.53. The fourth-order valence-electron chi connectivity index (χ4n) is 4.39. The highest BCUT2D eigenvalue weighted by Crippen LogP contribution is 2.28. The molecule has 0 bridgehead atoms. The van der Waals surface area contributed by atoms with E-state index < -0.39 is 6.10 Å². The molecule has 0 radical (unpaired) electrons. The number of nitrogens with one attached hydrogen (secondary N) is 2. The summed E-state index contributed by atoms with van der Waals surface area (Å²) in [5, 5.41) is 36.1. The van der Waals surface area contributed by atoms with Crippen molar-refractivity contribution in [2.45, 2.75) is 51.9 Å². The molecule has 0 spiro atoms. The van der Waals surface area contributed by atoms with E-state index in [0.717, 1.165) is 11.1 Å². The average molecular weight is 537 g/mol. The summed E-state index contributed by atoms with van der Waals surface area (Å²) in [4.78, 5) is 12.8. The molecule has 0 unspecified atom stereocenters. The molecule has 0 saturated carbocycles. The van der Waals surface area contributed by atoms with Gasteiger partial charge in [-0.3, -0.25) is 4.79 Å². The van der Waals surface area contributed by atoms with Crippen LogP contribution in [0, 0.1) is 0 Å². The number of hydrogen-bond acceptors (Lipinski definition) is 7. The second-order valence-electron chi connectivity index (χ2n) is 10.1. The predicted octanol–water partition coefficient (Wildman–Crippen LogP) is 3.91. The van der Waals surface area contributed by atoms with Crippen molar-refractivity contribution >= 4 is 5.91 Å². The Morgan fingerprint density at radius 3 is 2.54 bits per heavy atom. The van der Waals surface area contributed by atoms with Gasteiger partial charge in [-0.15, -0.1) is 0 Å². The molecule has 39 heavy (non-hydrogen) atoms. The number of amides is 1. The molecule has 210 valence electrons. The number of phenols is 1. The maximum Gasteiger partial charge on any atom is 0.251 e. The lowest BCUT2D eigenvalue weighted by Gasteiger charge is -2.28. The minimum Gasteiger partial charge on any atom is -0.508 e. The van der Waals surface area contributed by atoms with Gasteiger partial charge in [-0.25, -0.2) is 0 Å². The van der Waals surface area contributed by atoms with Crippen LogP contribution in [-0.4, -0.2) is 53.6 Å². The first-order chi connectivity index (χ1) is 18.7. The summed E-state index contributed by atoms with van der Waals surface area (Å²) in [7, 11) is 1.61. The number of carbonyl (C=O) groups is 1. The zero-order chi connectivity index (χ0) is 28.4. The second kappa shape index (κ2) is 14.0. The van der Waals surface area contributed by atoms with Crippen LogP contribution in [-0.2, 0) is 19.4 Å². The molecule has 0 heterocycles. The van der Waals surface area contributed by atoms with Crippen molar-refractivity contribution in [1.82, 2.24) is 10.6 Å². The van der Waals surface area contributed by atoms with E-state index in [4.69, 9.17) is 9.47 Å². The van der Waals surface area contributed by atoms with E-state index in [-0.39, 0.29) is 23.8 Å². The fourth-order valence-corrected chi connectivity index (χ4v) is 4.39. The zero-order valence-electron chi connectivity index (χ0n) is 23.2. The van der Waals surface area contributed by atoms with Gasteiger partial charge in [0.2, 0.25) is 0 Å². The van der Waals surface area contributed by atoms with E-state index in [1.54, 1.807) is 25.3 Å². The van der Waals surface area contributed by atoms with Gasteiger partial charge in [0.05, 0.1) is 26.4 Å². The van der Waals surface area contributed by atoms with Crippen molar-refractivity contribution in [2.75, 3.05) is 26.8 Å². The number of hydrogen-bond donors (Lipinski definition) is 5. The fraction of sp³-hybridized carbons (Fsp3) is 0.387. The summed E-state index contributed by atoms with van der Waals surface area (Å²) >= 11 is 0. The number of β-amino-alcohol motifs (C(OH)–C–C–N with tert-alkyl or cyclic N) is 1. The smallest absolute Gasteiger partial charge is 0.251 e. The Kier molecular flexibility index (Phi) is 10.7. The molecular formula is C31H40N2O6. The van der Waals surface area contributed by atoms with Gasteiger partial charge in [0.1, 0.15) is 5.75 Å². The van der Waals surface area contributed by atoms with Crippen molar-refractivity contribution in [3.8, 4) is 17.2 Å². The summed E-state index contributed by atoms with van der Waals surface area (Å²) in [6, 6.07) is 18.0. The number of aromatic hydroxyl groups is 1. The van der Waals surface area contributed by atoms with Crippen molar-refractivity contribution < 1.29 is 29.6 Å². The molecule has 1 atom stereocenters. The molecular weight excluding hydrogens is 496 g/mol. The largest absolute Gasteiger partial charge is 0.508 e. The van der Waals surface area contributed by atoms with Crippen LogP contribution in [0.15, 0.2) is 60.7 Å². The summed E-state index contributed by atoms with van der Waals surface area (Å²) in [6.07, 6.45) is 0.501. The Hall–Kier alpha value is -3.59. The van der Waals surface area contributed by atoms with Crippen molar-refractivity contribution in [3.63, 3.8) is 0 Å². The Morgan fingerprint density at radius 2 is 1.82 bits per heavy atom. The van der Waals surface area contributed by atoms with E-state index >= 15 is 0 Å². The molecule has 0 fully saturated rings. The average Bonchev–Trinajstić information content (AvgIpc) is 2.92. The number of aliphatic hydroxyl groups is 2. The van der Waals surface area contributed by atoms with Crippen LogP contribution in [0.5, 0.6) is 17.2 Å². The maximum atomic E-state index is 12.8. The molecule has 5 N–H and O–H groups in total. The monoisotopic (exact) mass is 536 g/mol. The van der Waals surface area contributed by atoms with E-state index in [9.17, 15) is 20.1 Å². The molecule has 3 rings (SSSR count). The third-order valence-electron chi connectivity index (χ3n) is 6.49. The minimum atomic E-state index is -0.803. The van der Waals surface area contributed by atoms with E-state index in [1.165, 1.54) is 6.07 Å². The van der Waals surface area contributed by atoms with E-state index in [0.29, 0.717) is 60.7 Å². The number of benzene rings is 3. The Bertz CT molecular complexity index is 1240. The summed E-state index contributed by atoms with van der Waals surface area (Å²) in [6.45, 7) is 7.03. The molecule has 0 aliphatic heterocycles. The van der Waals surface area contributed by atoms with Crippen molar-refractivity contribution in [2.24, 2.45) is 0 Å².